The number of hydrogen-bond acceptors (Lipinski definition) is 4. The van der Waals surface area contributed by atoms with Gasteiger partial charge in [-0.3, -0.25) is 0 Å². The first-order valence-corrected chi connectivity index (χ1v) is 5.77. The second-order valence-electron chi connectivity index (χ2n) is 4.39. The SMILES string of the molecule is Cc1ccc(OC2CCOC2=O)c([C@@H](C)N)c1. The molecule has 0 amide bonds. The first kappa shape index (κ1) is 11.9. The van der Waals surface area contributed by atoms with Crippen LogP contribution in [-0.2, 0) is 9.53 Å². The van der Waals surface area contributed by atoms with Gasteiger partial charge in [-0.05, 0) is 19.9 Å². The van der Waals surface area contributed by atoms with Crippen LogP contribution in [0.15, 0.2) is 18.2 Å². The molecule has 0 aromatic heterocycles. The number of nitrogens with two attached hydrogens (primary N) is 1. The smallest absolute Gasteiger partial charge is 0.347 e. The Kier molecular flexibility index (Phi) is 3.33. The number of carbonyl (C=O) groups is 1. The molecule has 2 rings (SSSR count). The third-order valence-corrected chi connectivity index (χ3v) is 2.81. The van der Waals surface area contributed by atoms with Gasteiger partial charge in [-0.1, -0.05) is 17.7 Å². The van der Waals surface area contributed by atoms with Crippen molar-refractivity contribution in [1.82, 2.24) is 0 Å². The maximum absolute atomic E-state index is 11.3. The fourth-order valence-corrected chi connectivity index (χ4v) is 1.87. The summed E-state index contributed by atoms with van der Waals surface area (Å²) in [5.41, 5.74) is 7.94. The van der Waals surface area contributed by atoms with Gasteiger partial charge in [-0.15, -0.1) is 0 Å². The maximum Gasteiger partial charge on any atom is 0.347 e. The van der Waals surface area contributed by atoms with Crippen molar-refractivity contribution in [2.45, 2.75) is 32.4 Å². The van der Waals surface area contributed by atoms with Crippen LogP contribution in [0.4, 0.5) is 0 Å². The average molecular weight is 235 g/mol. The number of cyclic esters (lactones) is 1. The third kappa shape index (κ3) is 2.58. The van der Waals surface area contributed by atoms with Gasteiger partial charge in [0, 0.05) is 18.0 Å². The summed E-state index contributed by atoms with van der Waals surface area (Å²) in [4.78, 5) is 11.3. The summed E-state index contributed by atoms with van der Waals surface area (Å²) < 4.78 is 10.5. The summed E-state index contributed by atoms with van der Waals surface area (Å²) in [5, 5.41) is 0. The molecule has 1 heterocycles. The molecular formula is C13H17NO3. The summed E-state index contributed by atoms with van der Waals surface area (Å²) in [5.74, 6) is 0.385. The van der Waals surface area contributed by atoms with E-state index < -0.39 is 6.10 Å². The summed E-state index contributed by atoms with van der Waals surface area (Å²) in [6.45, 7) is 4.33. The molecule has 1 unspecified atom stereocenters. The molecule has 0 bridgehead atoms. The van der Waals surface area contributed by atoms with Crippen LogP contribution in [0.3, 0.4) is 0 Å². The molecule has 2 N–H and O–H groups in total. The van der Waals surface area contributed by atoms with Gasteiger partial charge in [-0.2, -0.15) is 0 Å². The lowest BCUT2D eigenvalue weighted by atomic mass is 10.0. The van der Waals surface area contributed by atoms with Gasteiger partial charge in [0.1, 0.15) is 5.75 Å². The van der Waals surface area contributed by atoms with E-state index in [9.17, 15) is 4.79 Å². The van der Waals surface area contributed by atoms with Gasteiger partial charge in [-0.25, -0.2) is 4.79 Å². The minimum absolute atomic E-state index is 0.123. The lowest BCUT2D eigenvalue weighted by molar-refractivity contribution is -0.143. The molecule has 0 saturated carbocycles. The first-order chi connectivity index (χ1) is 8.08. The van der Waals surface area contributed by atoms with Gasteiger partial charge in [0.25, 0.3) is 0 Å². The highest BCUT2D eigenvalue weighted by Gasteiger charge is 2.29. The zero-order chi connectivity index (χ0) is 12.4. The van der Waals surface area contributed by atoms with Gasteiger partial charge in [0.15, 0.2) is 6.10 Å². The number of hydrogen-bond donors (Lipinski definition) is 1. The minimum Gasteiger partial charge on any atom is -0.478 e. The summed E-state index contributed by atoms with van der Waals surface area (Å²) >= 11 is 0. The molecule has 1 aromatic rings. The van der Waals surface area contributed by atoms with E-state index in [1.165, 1.54) is 0 Å². The van der Waals surface area contributed by atoms with Crippen LogP contribution in [0, 0.1) is 6.92 Å². The molecule has 92 valence electrons. The molecule has 0 radical (unpaired) electrons. The van der Waals surface area contributed by atoms with Crippen LogP contribution in [0.2, 0.25) is 0 Å². The van der Waals surface area contributed by atoms with Gasteiger partial charge < -0.3 is 15.2 Å². The van der Waals surface area contributed by atoms with Crippen molar-refractivity contribution in [2.24, 2.45) is 5.73 Å². The van der Waals surface area contributed by atoms with Crippen molar-refractivity contribution >= 4 is 5.97 Å². The monoisotopic (exact) mass is 235 g/mol. The average Bonchev–Trinajstić information content (AvgIpc) is 2.67. The Morgan fingerprint density at radius 1 is 1.53 bits per heavy atom. The first-order valence-electron chi connectivity index (χ1n) is 5.77. The van der Waals surface area contributed by atoms with Crippen molar-refractivity contribution in [3.63, 3.8) is 0 Å². The fraction of sp³-hybridized carbons (Fsp3) is 0.462. The predicted octanol–water partition coefficient (Wildman–Crippen LogP) is 1.71. The van der Waals surface area contributed by atoms with Crippen molar-refractivity contribution in [2.75, 3.05) is 6.61 Å². The van der Waals surface area contributed by atoms with Crippen LogP contribution in [-0.4, -0.2) is 18.7 Å². The molecule has 0 aliphatic carbocycles. The predicted molar refractivity (Wildman–Crippen MR) is 63.8 cm³/mol. The van der Waals surface area contributed by atoms with Gasteiger partial charge in [0.2, 0.25) is 0 Å². The van der Waals surface area contributed by atoms with E-state index in [2.05, 4.69) is 0 Å². The fourth-order valence-electron chi connectivity index (χ4n) is 1.87. The quantitative estimate of drug-likeness (QED) is 0.810. The minimum atomic E-state index is -0.491. The lowest BCUT2D eigenvalue weighted by Crippen LogP contribution is -2.23. The molecule has 2 atom stereocenters. The van der Waals surface area contributed by atoms with E-state index in [0.717, 1.165) is 11.1 Å². The maximum atomic E-state index is 11.3. The molecule has 1 aliphatic rings. The Hall–Kier alpha value is -1.55. The van der Waals surface area contributed by atoms with Crippen molar-refractivity contribution in [3.8, 4) is 5.75 Å². The number of carbonyl (C=O) groups excluding carboxylic acids is 1. The van der Waals surface area contributed by atoms with Crippen LogP contribution in [0.25, 0.3) is 0 Å². The van der Waals surface area contributed by atoms with Gasteiger partial charge >= 0.3 is 5.97 Å². The van der Waals surface area contributed by atoms with E-state index in [4.69, 9.17) is 15.2 Å². The molecular weight excluding hydrogens is 218 g/mol. The van der Waals surface area contributed by atoms with Crippen molar-refractivity contribution in [1.29, 1.82) is 0 Å². The molecule has 1 fully saturated rings. The molecule has 17 heavy (non-hydrogen) atoms. The van der Waals surface area contributed by atoms with E-state index in [1.54, 1.807) is 0 Å². The number of aryl methyl sites for hydroxylation is 1. The Morgan fingerprint density at radius 3 is 2.88 bits per heavy atom. The van der Waals surface area contributed by atoms with E-state index in [1.807, 2.05) is 32.0 Å². The molecule has 0 spiro atoms. The van der Waals surface area contributed by atoms with E-state index in [-0.39, 0.29) is 12.0 Å². The highest BCUT2D eigenvalue weighted by Crippen LogP contribution is 2.27. The topological polar surface area (TPSA) is 61.5 Å². The Balaban J connectivity index is 2.22. The van der Waals surface area contributed by atoms with E-state index in [0.29, 0.717) is 18.8 Å². The van der Waals surface area contributed by atoms with Crippen molar-refractivity contribution < 1.29 is 14.3 Å². The zero-order valence-electron chi connectivity index (χ0n) is 10.1. The van der Waals surface area contributed by atoms with E-state index >= 15 is 0 Å². The second kappa shape index (κ2) is 4.75. The number of benzene rings is 1. The molecule has 1 aliphatic heterocycles. The number of esters is 1. The highest BCUT2D eigenvalue weighted by atomic mass is 16.6. The Labute approximate surface area is 101 Å². The molecule has 4 heteroatoms. The standard InChI is InChI=1S/C13H17NO3/c1-8-3-4-11(10(7-8)9(2)14)17-12-5-6-16-13(12)15/h3-4,7,9,12H,5-6,14H2,1-2H3/t9-,12?/m1/s1. The van der Waals surface area contributed by atoms with Crippen LogP contribution in [0.5, 0.6) is 5.75 Å². The third-order valence-electron chi connectivity index (χ3n) is 2.81. The Bertz CT molecular complexity index is 429. The Morgan fingerprint density at radius 2 is 2.29 bits per heavy atom. The normalized spacial score (nSPS) is 21.1. The number of ether oxygens (including phenoxy) is 2. The molecule has 4 nitrogen and oxygen atoms in total. The number of rotatable bonds is 3. The summed E-state index contributed by atoms with van der Waals surface area (Å²) in [6, 6.07) is 5.67. The second-order valence-corrected chi connectivity index (χ2v) is 4.39. The van der Waals surface area contributed by atoms with Crippen LogP contribution < -0.4 is 10.5 Å². The van der Waals surface area contributed by atoms with Crippen LogP contribution >= 0.6 is 0 Å². The summed E-state index contributed by atoms with van der Waals surface area (Å²) in [7, 11) is 0. The summed E-state index contributed by atoms with van der Waals surface area (Å²) in [6.07, 6.45) is 0.112. The molecule has 1 saturated heterocycles. The van der Waals surface area contributed by atoms with Gasteiger partial charge in [0.05, 0.1) is 6.61 Å². The lowest BCUT2D eigenvalue weighted by Gasteiger charge is -2.16. The zero-order valence-corrected chi connectivity index (χ0v) is 10.1. The molecule has 1 aromatic carbocycles. The van der Waals surface area contributed by atoms with Crippen molar-refractivity contribution in [3.05, 3.63) is 29.3 Å². The highest BCUT2D eigenvalue weighted by molar-refractivity contribution is 5.76. The van der Waals surface area contributed by atoms with Crippen LogP contribution in [0.1, 0.15) is 30.5 Å². The largest absolute Gasteiger partial charge is 0.478 e.